The van der Waals surface area contributed by atoms with E-state index in [2.05, 4.69) is 54.0 Å². The first kappa shape index (κ1) is 12.8. The van der Waals surface area contributed by atoms with E-state index in [-0.39, 0.29) is 0 Å². The fourth-order valence-electron chi connectivity index (χ4n) is 1.92. The second-order valence-corrected chi connectivity index (χ2v) is 5.07. The van der Waals surface area contributed by atoms with Crippen LogP contribution in [0.5, 0.6) is 0 Å². The van der Waals surface area contributed by atoms with Gasteiger partial charge in [-0.3, -0.25) is 0 Å². The molecule has 0 aliphatic carbocycles. The van der Waals surface area contributed by atoms with E-state index in [0.717, 1.165) is 5.92 Å². The maximum atomic E-state index is 3.62. The summed E-state index contributed by atoms with van der Waals surface area (Å²) in [4.78, 5) is 0. The lowest BCUT2D eigenvalue weighted by Crippen LogP contribution is -2.03. The minimum atomic E-state index is 0.851. The Kier molecular flexibility index (Phi) is 6.00. The fraction of sp³-hybridized carbons (Fsp3) is 0.571. The Balaban J connectivity index is 2.54. The summed E-state index contributed by atoms with van der Waals surface area (Å²) in [6.45, 7) is 4.57. The molecule has 0 aliphatic heterocycles. The van der Waals surface area contributed by atoms with Crippen LogP contribution >= 0.6 is 15.9 Å². The van der Waals surface area contributed by atoms with E-state index in [0.29, 0.717) is 0 Å². The Hall–Kier alpha value is -0.300. The van der Waals surface area contributed by atoms with Crippen LogP contribution in [-0.4, -0.2) is 0 Å². The summed E-state index contributed by atoms with van der Waals surface area (Å²) in [5.41, 5.74) is 1.46. The molecule has 0 aromatic heterocycles. The van der Waals surface area contributed by atoms with Gasteiger partial charge in [-0.2, -0.15) is 0 Å². The quantitative estimate of drug-likeness (QED) is 0.665. The van der Waals surface area contributed by atoms with E-state index < -0.39 is 0 Å². The molecule has 1 atom stereocenters. The number of unbranched alkanes of at least 4 members (excludes halogenated alkanes) is 1. The topological polar surface area (TPSA) is 0 Å². The molecule has 1 aromatic rings. The monoisotopic (exact) mass is 268 g/mol. The molecule has 0 N–H and O–H groups in total. The van der Waals surface area contributed by atoms with E-state index in [4.69, 9.17) is 0 Å². The first-order chi connectivity index (χ1) is 7.27. The molecule has 1 heteroatoms. The minimum Gasteiger partial charge on any atom is -0.0654 e. The van der Waals surface area contributed by atoms with Crippen molar-refractivity contribution in [2.45, 2.75) is 46.0 Å². The van der Waals surface area contributed by atoms with Crippen LogP contribution < -0.4 is 0 Å². The lowest BCUT2D eigenvalue weighted by molar-refractivity contribution is 0.448. The smallest absolute Gasteiger partial charge is 0.0207 e. The van der Waals surface area contributed by atoms with Gasteiger partial charge in [0.2, 0.25) is 0 Å². The Labute approximate surface area is 102 Å². The second kappa shape index (κ2) is 7.05. The van der Waals surface area contributed by atoms with Crippen LogP contribution in [0.1, 0.15) is 45.1 Å². The number of benzene rings is 1. The summed E-state index contributed by atoms with van der Waals surface area (Å²) in [7, 11) is 0. The Morgan fingerprint density at radius 2 is 1.93 bits per heavy atom. The predicted octanol–water partition coefficient (Wildman–Crippen LogP) is 5.21. The molecule has 0 saturated heterocycles. The lowest BCUT2D eigenvalue weighted by atomic mass is 9.92. The molecule has 0 heterocycles. The van der Waals surface area contributed by atoms with E-state index in [9.17, 15) is 0 Å². The van der Waals surface area contributed by atoms with E-state index in [1.165, 1.54) is 42.1 Å². The maximum absolute atomic E-state index is 3.62. The van der Waals surface area contributed by atoms with Crippen LogP contribution in [0.2, 0.25) is 0 Å². The van der Waals surface area contributed by atoms with Crippen LogP contribution in [0.15, 0.2) is 28.7 Å². The molecule has 0 radical (unpaired) electrons. The molecular formula is C14H21Br. The molecule has 0 nitrogen and oxygen atoms in total. The van der Waals surface area contributed by atoms with Gasteiger partial charge in [0.15, 0.2) is 0 Å². The van der Waals surface area contributed by atoms with Crippen molar-refractivity contribution < 1.29 is 0 Å². The van der Waals surface area contributed by atoms with Gasteiger partial charge in [0.25, 0.3) is 0 Å². The fourth-order valence-corrected chi connectivity index (χ4v) is 2.36. The Morgan fingerprint density at radius 1 is 1.20 bits per heavy atom. The zero-order valence-corrected chi connectivity index (χ0v) is 11.4. The van der Waals surface area contributed by atoms with Gasteiger partial charge in [-0.25, -0.2) is 0 Å². The normalized spacial score (nSPS) is 12.7. The van der Waals surface area contributed by atoms with Gasteiger partial charge in [-0.05, 0) is 24.0 Å². The van der Waals surface area contributed by atoms with Crippen LogP contribution in [0.3, 0.4) is 0 Å². The highest BCUT2D eigenvalue weighted by molar-refractivity contribution is 9.10. The summed E-state index contributed by atoms with van der Waals surface area (Å²) in [5, 5.41) is 0. The molecule has 0 fully saturated rings. The van der Waals surface area contributed by atoms with Crippen molar-refractivity contribution in [2.75, 3.05) is 0 Å². The van der Waals surface area contributed by atoms with Gasteiger partial charge in [-0.1, -0.05) is 73.7 Å². The van der Waals surface area contributed by atoms with Gasteiger partial charge >= 0.3 is 0 Å². The summed E-state index contributed by atoms with van der Waals surface area (Å²) in [5.74, 6) is 0.851. The van der Waals surface area contributed by atoms with Crippen molar-refractivity contribution in [1.29, 1.82) is 0 Å². The second-order valence-electron chi connectivity index (χ2n) is 4.21. The minimum absolute atomic E-state index is 0.851. The van der Waals surface area contributed by atoms with Crippen LogP contribution in [0, 0.1) is 5.92 Å². The van der Waals surface area contributed by atoms with Gasteiger partial charge in [0.05, 0.1) is 0 Å². The summed E-state index contributed by atoms with van der Waals surface area (Å²) in [6.07, 6.45) is 6.56. The average Bonchev–Trinajstić information content (AvgIpc) is 2.26. The SMILES string of the molecule is CCCCC(CC)Cc1ccccc1Br. The lowest BCUT2D eigenvalue weighted by Gasteiger charge is -2.15. The van der Waals surface area contributed by atoms with Crippen molar-refractivity contribution in [1.82, 2.24) is 0 Å². The summed E-state index contributed by atoms with van der Waals surface area (Å²) < 4.78 is 1.26. The first-order valence-corrected chi connectivity index (χ1v) is 6.80. The summed E-state index contributed by atoms with van der Waals surface area (Å²) >= 11 is 3.62. The third-order valence-electron chi connectivity index (χ3n) is 3.01. The number of halogens is 1. The molecule has 0 bridgehead atoms. The molecule has 15 heavy (non-hydrogen) atoms. The highest BCUT2D eigenvalue weighted by Crippen LogP contribution is 2.23. The molecular weight excluding hydrogens is 248 g/mol. The molecule has 1 unspecified atom stereocenters. The number of hydrogen-bond donors (Lipinski definition) is 0. The molecule has 84 valence electrons. The zero-order chi connectivity index (χ0) is 11.1. The number of hydrogen-bond acceptors (Lipinski definition) is 0. The van der Waals surface area contributed by atoms with E-state index in [1.54, 1.807) is 0 Å². The summed E-state index contributed by atoms with van der Waals surface area (Å²) in [6, 6.07) is 8.59. The van der Waals surface area contributed by atoms with Crippen molar-refractivity contribution in [3.05, 3.63) is 34.3 Å². The van der Waals surface area contributed by atoms with Gasteiger partial charge in [0.1, 0.15) is 0 Å². The average molecular weight is 269 g/mol. The van der Waals surface area contributed by atoms with Crippen molar-refractivity contribution in [3.63, 3.8) is 0 Å². The van der Waals surface area contributed by atoms with Crippen LogP contribution in [0.25, 0.3) is 0 Å². The highest BCUT2D eigenvalue weighted by Gasteiger charge is 2.08. The standard InChI is InChI=1S/C14H21Br/c1-3-5-8-12(4-2)11-13-9-6-7-10-14(13)15/h6-7,9-10,12H,3-5,8,11H2,1-2H3. The molecule has 0 saturated carbocycles. The van der Waals surface area contributed by atoms with Crippen molar-refractivity contribution in [3.8, 4) is 0 Å². The predicted molar refractivity (Wildman–Crippen MR) is 71.2 cm³/mol. The molecule has 1 rings (SSSR count). The largest absolute Gasteiger partial charge is 0.0654 e. The molecule has 0 aliphatic rings. The van der Waals surface area contributed by atoms with Gasteiger partial charge in [0, 0.05) is 4.47 Å². The van der Waals surface area contributed by atoms with E-state index in [1.807, 2.05) is 0 Å². The highest BCUT2D eigenvalue weighted by atomic mass is 79.9. The Morgan fingerprint density at radius 3 is 2.53 bits per heavy atom. The van der Waals surface area contributed by atoms with Crippen molar-refractivity contribution in [2.24, 2.45) is 5.92 Å². The first-order valence-electron chi connectivity index (χ1n) is 6.01. The molecule has 1 aromatic carbocycles. The molecule has 0 amide bonds. The van der Waals surface area contributed by atoms with Crippen LogP contribution in [-0.2, 0) is 6.42 Å². The van der Waals surface area contributed by atoms with E-state index >= 15 is 0 Å². The maximum Gasteiger partial charge on any atom is 0.0207 e. The third-order valence-corrected chi connectivity index (χ3v) is 3.78. The molecule has 0 spiro atoms. The van der Waals surface area contributed by atoms with Crippen molar-refractivity contribution >= 4 is 15.9 Å². The third kappa shape index (κ3) is 4.38. The Bertz CT molecular complexity index is 280. The zero-order valence-electron chi connectivity index (χ0n) is 9.80. The number of rotatable bonds is 6. The van der Waals surface area contributed by atoms with Crippen LogP contribution in [0.4, 0.5) is 0 Å². The van der Waals surface area contributed by atoms with Gasteiger partial charge < -0.3 is 0 Å². The van der Waals surface area contributed by atoms with Gasteiger partial charge in [-0.15, -0.1) is 0 Å².